The number of ether oxygens (including phenoxy) is 3. The van der Waals surface area contributed by atoms with Gasteiger partial charge < -0.3 is 45.5 Å². The Morgan fingerprint density at radius 2 is 1.72 bits per heavy atom. The average Bonchev–Trinajstić information content (AvgIpc) is 2.90. The van der Waals surface area contributed by atoms with Crippen LogP contribution in [0.15, 0.2) is 0 Å². The summed E-state index contributed by atoms with van der Waals surface area (Å²) in [7, 11) is 1.50. The smallest absolute Gasteiger partial charge is 0.189 e. The number of nitrogens with two attached hydrogens (primary N) is 1. The van der Waals surface area contributed by atoms with Gasteiger partial charge in [-0.1, -0.05) is 6.42 Å². The summed E-state index contributed by atoms with van der Waals surface area (Å²) in [5, 5.41) is 54.4. The molecule has 0 aromatic carbocycles. The van der Waals surface area contributed by atoms with Crippen molar-refractivity contribution in [2.45, 2.75) is 100 Å². The van der Waals surface area contributed by atoms with Crippen LogP contribution in [0.2, 0.25) is 0 Å². The Morgan fingerprint density at radius 3 is 2.36 bits per heavy atom. The van der Waals surface area contributed by atoms with Crippen molar-refractivity contribution in [3.63, 3.8) is 0 Å². The van der Waals surface area contributed by atoms with E-state index in [1.807, 2.05) is 0 Å². The molecule has 9 unspecified atom stereocenters. The van der Waals surface area contributed by atoms with E-state index in [4.69, 9.17) is 19.9 Å². The Balaban J connectivity index is 1.50. The second-order valence-electron chi connectivity index (χ2n) is 12.3. The van der Waals surface area contributed by atoms with E-state index in [0.29, 0.717) is 19.3 Å². The van der Waals surface area contributed by atoms with E-state index in [-0.39, 0.29) is 30.8 Å². The average molecular weight is 556 g/mol. The van der Waals surface area contributed by atoms with Crippen LogP contribution < -0.4 is 5.73 Å². The Labute approximate surface area is 226 Å². The number of methoxy groups -OCH3 is 1. The Hall–Kier alpha value is -1.35. The number of fused-ring (bicyclic) bond motifs is 3. The van der Waals surface area contributed by atoms with Crippen LogP contribution in [0.25, 0.3) is 0 Å². The molecular formula is C27H41NO11. The third-order valence-corrected chi connectivity index (χ3v) is 10.2. The fourth-order valence-electron chi connectivity index (χ4n) is 8.27. The monoisotopic (exact) mass is 555 g/mol. The minimum Gasteiger partial charge on any atom is -0.392 e. The van der Waals surface area contributed by atoms with Crippen LogP contribution in [-0.4, -0.2) is 111 Å². The van der Waals surface area contributed by atoms with Gasteiger partial charge in [0, 0.05) is 37.8 Å². The van der Waals surface area contributed by atoms with Crippen LogP contribution in [0.4, 0.5) is 0 Å². The van der Waals surface area contributed by atoms with Crippen molar-refractivity contribution in [1.29, 1.82) is 0 Å². The zero-order chi connectivity index (χ0) is 28.4. The Bertz CT molecular complexity index is 965. The topological polar surface area (TPSA) is 206 Å². The van der Waals surface area contributed by atoms with E-state index < -0.39 is 102 Å². The lowest BCUT2D eigenvalue weighted by Gasteiger charge is -2.58. The molecule has 0 bridgehead atoms. The molecule has 1 aliphatic heterocycles. The minimum absolute atomic E-state index is 0.0904. The Morgan fingerprint density at radius 1 is 1.03 bits per heavy atom. The lowest BCUT2D eigenvalue weighted by Crippen LogP contribution is -2.69. The quantitative estimate of drug-likeness (QED) is 0.219. The molecule has 15 atom stereocenters. The van der Waals surface area contributed by atoms with Gasteiger partial charge in [-0.2, -0.15) is 0 Å². The maximum Gasteiger partial charge on any atom is 0.189 e. The second kappa shape index (κ2) is 10.8. The first-order chi connectivity index (χ1) is 18.4. The molecule has 5 aliphatic rings. The minimum atomic E-state index is -2.09. The van der Waals surface area contributed by atoms with Crippen LogP contribution in [0.3, 0.4) is 0 Å². The molecule has 12 heteroatoms. The standard InChI is InChI=1S/C27H41NO11/c1-10-22(31)13(28)6-17(38-10)39-15-8-27(36,16(30)9-29)7-12-19(15)26(35)21-20(24(12)33)23(32)11-4-3-5-14(37-2)18(11)25(21)34/h10-15,17-22,24,26,29,31,33,35-36H,3-9,28H2,1-2H3/t10-,11?,12?,13-,14?,15-,17-,18?,19?,20?,21?,22+,24?,26?,27-/m0/s1. The summed E-state index contributed by atoms with van der Waals surface area (Å²) >= 11 is 0. The molecule has 4 aliphatic carbocycles. The van der Waals surface area contributed by atoms with E-state index in [2.05, 4.69) is 0 Å². The van der Waals surface area contributed by atoms with Gasteiger partial charge in [0.1, 0.15) is 23.8 Å². The van der Waals surface area contributed by atoms with Crippen LogP contribution in [-0.2, 0) is 28.6 Å². The van der Waals surface area contributed by atoms with Crippen LogP contribution in [0, 0.1) is 35.5 Å². The highest BCUT2D eigenvalue weighted by molar-refractivity contribution is 6.01. The van der Waals surface area contributed by atoms with Gasteiger partial charge in [0.25, 0.3) is 0 Å². The summed E-state index contributed by atoms with van der Waals surface area (Å²) in [6.07, 6.45) is -5.68. The first-order valence-corrected chi connectivity index (χ1v) is 14.0. The van der Waals surface area contributed by atoms with Crippen molar-refractivity contribution in [2.75, 3.05) is 13.7 Å². The molecule has 0 aromatic rings. The summed E-state index contributed by atoms with van der Waals surface area (Å²) in [4.78, 5) is 40.3. The van der Waals surface area contributed by atoms with Crippen molar-refractivity contribution < 1.29 is 54.1 Å². The van der Waals surface area contributed by atoms with Gasteiger partial charge in [-0.15, -0.1) is 0 Å². The largest absolute Gasteiger partial charge is 0.392 e. The molecule has 12 nitrogen and oxygen atoms in total. The van der Waals surface area contributed by atoms with Crippen LogP contribution in [0.5, 0.6) is 0 Å². The number of carbonyl (C=O) groups is 3. The maximum atomic E-state index is 13.9. The van der Waals surface area contributed by atoms with E-state index >= 15 is 0 Å². The summed E-state index contributed by atoms with van der Waals surface area (Å²) in [6, 6.07) is -0.672. The van der Waals surface area contributed by atoms with Crippen LogP contribution in [0.1, 0.15) is 45.4 Å². The molecule has 0 aromatic heterocycles. The van der Waals surface area contributed by atoms with Crippen molar-refractivity contribution in [1.82, 2.24) is 0 Å². The van der Waals surface area contributed by atoms with E-state index in [9.17, 15) is 39.9 Å². The molecule has 0 spiro atoms. The van der Waals surface area contributed by atoms with Gasteiger partial charge in [-0.05, 0) is 32.1 Å². The number of rotatable bonds is 5. The molecule has 4 saturated carbocycles. The van der Waals surface area contributed by atoms with E-state index in [0.717, 1.165) is 0 Å². The van der Waals surface area contributed by atoms with Gasteiger partial charge in [0.05, 0.1) is 54.4 Å². The number of hydrogen-bond donors (Lipinski definition) is 6. The van der Waals surface area contributed by atoms with Crippen molar-refractivity contribution in [2.24, 2.45) is 41.2 Å². The number of aliphatic hydroxyl groups excluding tert-OH is 4. The van der Waals surface area contributed by atoms with Gasteiger partial charge in [0.15, 0.2) is 12.1 Å². The molecule has 220 valence electrons. The predicted molar refractivity (Wildman–Crippen MR) is 132 cm³/mol. The summed E-state index contributed by atoms with van der Waals surface area (Å²) in [5.74, 6) is -7.11. The molecular weight excluding hydrogens is 514 g/mol. The number of carbonyl (C=O) groups excluding carboxylic acids is 3. The highest BCUT2D eigenvalue weighted by atomic mass is 16.7. The molecule has 0 radical (unpaired) electrons. The third-order valence-electron chi connectivity index (χ3n) is 10.2. The van der Waals surface area contributed by atoms with Gasteiger partial charge in [0.2, 0.25) is 0 Å². The van der Waals surface area contributed by atoms with Crippen molar-refractivity contribution in [3.8, 4) is 0 Å². The molecule has 39 heavy (non-hydrogen) atoms. The lowest BCUT2D eigenvalue weighted by molar-refractivity contribution is -0.279. The summed E-state index contributed by atoms with van der Waals surface area (Å²) in [5.41, 5.74) is 3.96. The lowest BCUT2D eigenvalue weighted by atomic mass is 9.49. The normalized spacial score (nSPS) is 52.0. The first kappa shape index (κ1) is 29.2. The third kappa shape index (κ3) is 4.71. The molecule has 5 rings (SSSR count). The zero-order valence-electron chi connectivity index (χ0n) is 22.3. The highest BCUT2D eigenvalue weighted by Crippen LogP contribution is 2.55. The fraction of sp³-hybridized carbons (Fsp3) is 0.889. The molecule has 7 N–H and O–H groups in total. The van der Waals surface area contributed by atoms with E-state index in [1.165, 1.54) is 7.11 Å². The van der Waals surface area contributed by atoms with Crippen molar-refractivity contribution in [3.05, 3.63) is 0 Å². The number of aliphatic hydroxyl groups is 5. The number of ketones is 3. The first-order valence-electron chi connectivity index (χ1n) is 14.0. The second-order valence-corrected chi connectivity index (χ2v) is 12.3. The summed E-state index contributed by atoms with van der Waals surface area (Å²) < 4.78 is 17.5. The molecule has 0 amide bonds. The summed E-state index contributed by atoms with van der Waals surface area (Å²) in [6.45, 7) is 0.678. The SMILES string of the molecule is COC1CCCC2C(=O)C3C(O)C4C[C@@](O)(C(=O)CO)C[C@H](O[C@H]5C[C@H](N)[C@H](O)[C@H](C)O5)C4C(O)C3C(=O)C12. The van der Waals surface area contributed by atoms with E-state index in [1.54, 1.807) is 6.92 Å². The number of Topliss-reactive ketones (excluding diaryl/α,β-unsaturated/α-hetero) is 3. The van der Waals surface area contributed by atoms with Gasteiger partial charge >= 0.3 is 0 Å². The fourth-order valence-corrected chi connectivity index (χ4v) is 8.27. The Kier molecular flexibility index (Phi) is 8.08. The predicted octanol–water partition coefficient (Wildman–Crippen LogP) is -1.94. The molecule has 1 saturated heterocycles. The van der Waals surface area contributed by atoms with Crippen LogP contribution >= 0.6 is 0 Å². The zero-order valence-corrected chi connectivity index (χ0v) is 22.3. The maximum absolute atomic E-state index is 13.9. The highest BCUT2D eigenvalue weighted by Gasteiger charge is 2.66. The van der Waals surface area contributed by atoms with Gasteiger partial charge in [-0.3, -0.25) is 14.4 Å². The van der Waals surface area contributed by atoms with Crippen molar-refractivity contribution >= 4 is 17.3 Å². The molecule has 1 heterocycles. The van der Waals surface area contributed by atoms with Gasteiger partial charge in [-0.25, -0.2) is 0 Å². The molecule has 5 fully saturated rings. The number of hydrogen-bond acceptors (Lipinski definition) is 12.